The maximum Gasteiger partial charge on any atom is 0.261 e. The Morgan fingerprint density at radius 2 is 2.10 bits per heavy atom. The highest BCUT2D eigenvalue weighted by molar-refractivity contribution is 7.91. The van der Waals surface area contributed by atoms with E-state index in [0.717, 1.165) is 24.0 Å². The van der Waals surface area contributed by atoms with Gasteiger partial charge in [-0.1, -0.05) is 0 Å². The van der Waals surface area contributed by atoms with Gasteiger partial charge in [-0.15, -0.1) is 11.3 Å². The number of thiophene rings is 1. The number of primary amides is 1. The minimum absolute atomic E-state index is 0.0376. The van der Waals surface area contributed by atoms with Crippen LogP contribution in [0.4, 0.5) is 10.7 Å². The Labute approximate surface area is 127 Å². The molecule has 1 atom stereocenters. The fourth-order valence-corrected chi connectivity index (χ4v) is 5.14. The SMILES string of the molecule is CC1(O)CCCN(c2sc(C(N)=O)c(N)c2S(C)(=O)=O)C1. The van der Waals surface area contributed by atoms with Gasteiger partial charge in [-0.3, -0.25) is 4.79 Å². The highest BCUT2D eigenvalue weighted by Crippen LogP contribution is 2.42. The van der Waals surface area contributed by atoms with Gasteiger partial charge in [0, 0.05) is 19.3 Å². The summed E-state index contributed by atoms with van der Waals surface area (Å²) in [4.78, 5) is 13.1. The topological polar surface area (TPSA) is 127 Å². The average molecular weight is 333 g/mol. The van der Waals surface area contributed by atoms with Crippen LogP contribution < -0.4 is 16.4 Å². The van der Waals surface area contributed by atoms with Crippen molar-refractivity contribution in [3.63, 3.8) is 0 Å². The molecular formula is C12H19N3O4S2. The van der Waals surface area contributed by atoms with Gasteiger partial charge >= 0.3 is 0 Å². The first kappa shape index (κ1) is 16.1. The summed E-state index contributed by atoms with van der Waals surface area (Å²) in [5, 5.41) is 10.6. The smallest absolute Gasteiger partial charge is 0.261 e. The largest absolute Gasteiger partial charge is 0.396 e. The number of hydrogen-bond donors (Lipinski definition) is 3. The highest BCUT2D eigenvalue weighted by atomic mass is 32.2. The molecule has 7 nitrogen and oxygen atoms in total. The Morgan fingerprint density at radius 3 is 2.57 bits per heavy atom. The summed E-state index contributed by atoms with van der Waals surface area (Å²) in [7, 11) is -3.61. The van der Waals surface area contributed by atoms with Crippen molar-refractivity contribution in [2.45, 2.75) is 30.3 Å². The predicted octanol–water partition coefficient (Wildman–Crippen LogP) is 0.184. The number of nitrogens with two attached hydrogens (primary N) is 2. The molecule has 2 heterocycles. The van der Waals surface area contributed by atoms with Gasteiger partial charge in [0.1, 0.15) is 14.8 Å². The van der Waals surface area contributed by atoms with Gasteiger partial charge in [0.15, 0.2) is 9.84 Å². The van der Waals surface area contributed by atoms with Crippen LogP contribution in [0.15, 0.2) is 4.90 Å². The van der Waals surface area contributed by atoms with Crippen LogP contribution in [0, 0.1) is 0 Å². The Kier molecular flexibility index (Phi) is 3.94. The van der Waals surface area contributed by atoms with Gasteiger partial charge in [-0.25, -0.2) is 8.42 Å². The number of β-amino-alcohol motifs (C(OH)–C–C–N with tert-alkyl or cyclic N) is 1. The van der Waals surface area contributed by atoms with Gasteiger partial charge in [0.25, 0.3) is 5.91 Å². The molecule has 0 spiro atoms. The van der Waals surface area contributed by atoms with Crippen molar-refractivity contribution >= 4 is 37.8 Å². The molecule has 0 radical (unpaired) electrons. The monoisotopic (exact) mass is 333 g/mol. The molecule has 1 aromatic heterocycles. The summed E-state index contributed by atoms with van der Waals surface area (Å²) < 4.78 is 24.0. The van der Waals surface area contributed by atoms with Crippen molar-refractivity contribution in [1.29, 1.82) is 0 Å². The van der Waals surface area contributed by atoms with E-state index < -0.39 is 21.3 Å². The third-order valence-corrected chi connectivity index (χ3v) is 6.00. The molecule has 0 aliphatic carbocycles. The molecule has 0 bridgehead atoms. The molecule has 118 valence electrons. The number of sulfone groups is 1. The van der Waals surface area contributed by atoms with Gasteiger partial charge in [-0.2, -0.15) is 0 Å². The fourth-order valence-electron chi connectivity index (χ4n) is 2.56. The van der Waals surface area contributed by atoms with Gasteiger partial charge < -0.3 is 21.5 Å². The molecule has 2 rings (SSSR count). The zero-order valence-corrected chi connectivity index (χ0v) is 13.6. The maximum atomic E-state index is 12.0. The standard InChI is InChI=1S/C12H19N3O4S2/c1-12(17)4-3-5-15(6-12)11-9(21(2,18)19)7(13)8(20-11)10(14)16/h17H,3-6,13H2,1-2H3,(H2,14,16). The molecule has 1 unspecified atom stereocenters. The molecule has 0 aromatic carbocycles. The molecule has 1 aromatic rings. The molecule has 21 heavy (non-hydrogen) atoms. The third-order valence-electron chi connectivity index (χ3n) is 3.44. The maximum absolute atomic E-state index is 12.0. The molecular weight excluding hydrogens is 314 g/mol. The van der Waals surface area contributed by atoms with E-state index in [2.05, 4.69) is 0 Å². The summed E-state index contributed by atoms with van der Waals surface area (Å²) in [6, 6.07) is 0. The van der Waals surface area contributed by atoms with Crippen LogP contribution in [0.1, 0.15) is 29.4 Å². The Bertz CT molecular complexity index is 679. The van der Waals surface area contributed by atoms with Crippen LogP contribution in [0.2, 0.25) is 0 Å². The van der Waals surface area contributed by atoms with E-state index in [1.54, 1.807) is 11.8 Å². The third kappa shape index (κ3) is 3.14. The van der Waals surface area contributed by atoms with Gasteiger partial charge in [-0.05, 0) is 19.8 Å². The van der Waals surface area contributed by atoms with E-state index in [0.29, 0.717) is 18.0 Å². The average Bonchev–Trinajstić information content (AvgIpc) is 2.65. The molecule has 1 amide bonds. The Morgan fingerprint density at radius 1 is 1.48 bits per heavy atom. The molecule has 1 saturated heterocycles. The highest BCUT2D eigenvalue weighted by Gasteiger charge is 2.34. The molecule has 1 aliphatic heterocycles. The fraction of sp³-hybridized carbons (Fsp3) is 0.583. The quantitative estimate of drug-likeness (QED) is 0.724. The number of rotatable bonds is 3. The number of nitrogen functional groups attached to an aromatic ring is 1. The minimum atomic E-state index is -3.61. The van der Waals surface area contributed by atoms with Gasteiger partial charge in [0.2, 0.25) is 0 Å². The zero-order chi connectivity index (χ0) is 16.0. The first-order chi connectivity index (χ1) is 9.53. The first-order valence-corrected chi connectivity index (χ1v) is 9.13. The summed E-state index contributed by atoms with van der Waals surface area (Å²) in [6.07, 6.45) is 2.41. The number of amides is 1. The number of aliphatic hydroxyl groups is 1. The van der Waals surface area contributed by atoms with Crippen molar-refractivity contribution in [3.8, 4) is 0 Å². The van der Waals surface area contributed by atoms with E-state index in [1.807, 2.05) is 0 Å². The van der Waals surface area contributed by atoms with E-state index >= 15 is 0 Å². The second-order valence-electron chi connectivity index (χ2n) is 5.64. The number of piperidine rings is 1. The number of hydrogen-bond acceptors (Lipinski definition) is 7. The first-order valence-electron chi connectivity index (χ1n) is 6.42. The second kappa shape index (κ2) is 5.15. The van der Waals surface area contributed by atoms with Crippen molar-refractivity contribution in [3.05, 3.63) is 4.88 Å². The summed E-state index contributed by atoms with van der Waals surface area (Å²) >= 11 is 0.964. The molecule has 1 aliphatic rings. The Hall–Kier alpha value is -1.32. The lowest BCUT2D eigenvalue weighted by atomic mass is 9.95. The van der Waals surface area contributed by atoms with E-state index in [4.69, 9.17) is 11.5 Å². The number of anilines is 2. The van der Waals surface area contributed by atoms with Crippen LogP contribution in [-0.4, -0.2) is 44.4 Å². The normalized spacial score (nSPS) is 23.3. The van der Waals surface area contributed by atoms with Crippen molar-refractivity contribution in [1.82, 2.24) is 0 Å². The van der Waals surface area contributed by atoms with Crippen LogP contribution in [-0.2, 0) is 9.84 Å². The zero-order valence-electron chi connectivity index (χ0n) is 11.9. The lowest BCUT2D eigenvalue weighted by Crippen LogP contribution is -2.46. The number of carbonyl (C=O) groups is 1. The molecule has 5 N–H and O–H groups in total. The number of carbonyl (C=O) groups excluding carboxylic acids is 1. The lowest BCUT2D eigenvalue weighted by Gasteiger charge is -2.37. The summed E-state index contributed by atoms with van der Waals surface area (Å²) in [5.74, 6) is -0.752. The predicted molar refractivity (Wildman–Crippen MR) is 82.4 cm³/mol. The molecule has 1 fully saturated rings. The van der Waals surface area contributed by atoms with Crippen LogP contribution >= 0.6 is 11.3 Å². The molecule has 9 heteroatoms. The summed E-state index contributed by atoms with van der Waals surface area (Å²) in [6.45, 7) is 2.58. The van der Waals surface area contributed by atoms with E-state index in [1.165, 1.54) is 0 Å². The van der Waals surface area contributed by atoms with Crippen molar-refractivity contribution in [2.75, 3.05) is 30.0 Å². The van der Waals surface area contributed by atoms with Crippen molar-refractivity contribution in [2.24, 2.45) is 5.73 Å². The lowest BCUT2D eigenvalue weighted by molar-refractivity contribution is 0.0450. The van der Waals surface area contributed by atoms with E-state index in [-0.39, 0.29) is 22.0 Å². The van der Waals surface area contributed by atoms with Crippen molar-refractivity contribution < 1.29 is 18.3 Å². The van der Waals surface area contributed by atoms with Crippen LogP contribution in [0.5, 0.6) is 0 Å². The van der Waals surface area contributed by atoms with Crippen LogP contribution in [0.25, 0.3) is 0 Å². The number of nitrogens with zero attached hydrogens (tertiary/aromatic N) is 1. The van der Waals surface area contributed by atoms with Gasteiger partial charge in [0.05, 0.1) is 11.3 Å². The Balaban J connectivity index is 2.58. The second-order valence-corrected chi connectivity index (χ2v) is 8.59. The summed E-state index contributed by atoms with van der Waals surface area (Å²) in [5.41, 5.74) is 10.1. The van der Waals surface area contributed by atoms with Crippen LogP contribution in [0.3, 0.4) is 0 Å². The van der Waals surface area contributed by atoms with E-state index in [9.17, 15) is 18.3 Å². The minimum Gasteiger partial charge on any atom is -0.396 e. The molecule has 0 saturated carbocycles.